The van der Waals surface area contributed by atoms with Crippen molar-refractivity contribution in [2.75, 3.05) is 0 Å². The summed E-state index contributed by atoms with van der Waals surface area (Å²) in [4.78, 5) is 39.4. The van der Waals surface area contributed by atoms with Gasteiger partial charge in [0.2, 0.25) is 5.78 Å². The summed E-state index contributed by atoms with van der Waals surface area (Å²) >= 11 is 0. The zero-order valence-corrected chi connectivity index (χ0v) is 16.0. The molecule has 0 unspecified atom stereocenters. The highest BCUT2D eigenvalue weighted by atomic mass is 16.7. The van der Waals surface area contributed by atoms with Crippen LogP contribution in [0.5, 0.6) is 0 Å². The number of oxime groups is 1. The van der Waals surface area contributed by atoms with Crippen molar-refractivity contribution in [1.82, 2.24) is 0 Å². The van der Waals surface area contributed by atoms with E-state index in [1.807, 2.05) is 13.8 Å². The molecule has 0 radical (unpaired) electrons. The Morgan fingerprint density at radius 1 is 1.00 bits per heavy atom. The second kappa shape index (κ2) is 9.55. The summed E-state index contributed by atoms with van der Waals surface area (Å²) < 4.78 is 0. The number of non-ortho nitro benzene ring substituents is 1. The standard InChI is InChI=1S/C21H22N2O5/c1-4-15(5-2)21(25)28-22-14(3)20(24)18-8-6-16(7-9-18)17-10-12-19(13-11-17)23(26)27/h6-13,15H,4-5H2,1-3H3/b22-14-. The Morgan fingerprint density at radius 3 is 1.96 bits per heavy atom. The summed E-state index contributed by atoms with van der Waals surface area (Å²) in [7, 11) is 0. The maximum Gasteiger partial charge on any atom is 0.338 e. The average molecular weight is 382 g/mol. The highest BCUT2D eigenvalue weighted by Crippen LogP contribution is 2.23. The molecule has 0 spiro atoms. The molecule has 0 bridgehead atoms. The normalized spacial score (nSPS) is 11.4. The Hall–Kier alpha value is -3.35. The third-order valence-electron chi connectivity index (χ3n) is 4.48. The van der Waals surface area contributed by atoms with Gasteiger partial charge in [0, 0.05) is 17.7 Å². The molecular weight excluding hydrogens is 360 g/mol. The molecule has 0 aromatic heterocycles. The van der Waals surface area contributed by atoms with Gasteiger partial charge < -0.3 is 4.84 Å². The molecule has 0 atom stereocenters. The van der Waals surface area contributed by atoms with Crippen molar-refractivity contribution in [3.8, 4) is 11.1 Å². The molecule has 0 saturated heterocycles. The van der Waals surface area contributed by atoms with Crippen molar-refractivity contribution in [1.29, 1.82) is 0 Å². The molecule has 0 heterocycles. The van der Waals surface area contributed by atoms with E-state index in [1.165, 1.54) is 19.1 Å². The molecule has 0 aliphatic rings. The van der Waals surface area contributed by atoms with Crippen molar-refractivity contribution < 1.29 is 19.3 Å². The molecule has 0 saturated carbocycles. The number of benzene rings is 2. The Morgan fingerprint density at radius 2 is 1.50 bits per heavy atom. The van der Waals surface area contributed by atoms with Gasteiger partial charge in [-0.1, -0.05) is 43.3 Å². The second-order valence-corrected chi connectivity index (χ2v) is 6.31. The Labute approximate surface area is 163 Å². The third kappa shape index (κ3) is 5.09. The molecule has 2 rings (SSSR count). The van der Waals surface area contributed by atoms with Crippen LogP contribution in [0.1, 0.15) is 44.0 Å². The zero-order valence-electron chi connectivity index (χ0n) is 16.0. The van der Waals surface area contributed by atoms with E-state index in [9.17, 15) is 19.7 Å². The van der Waals surface area contributed by atoms with Crippen LogP contribution in [0.15, 0.2) is 53.7 Å². The first-order chi connectivity index (χ1) is 13.4. The van der Waals surface area contributed by atoms with Gasteiger partial charge in [0.15, 0.2) is 0 Å². The molecule has 0 amide bonds. The summed E-state index contributed by atoms with van der Waals surface area (Å²) in [5.74, 6) is -1.01. The van der Waals surface area contributed by atoms with Crippen molar-refractivity contribution in [2.45, 2.75) is 33.6 Å². The first-order valence-corrected chi connectivity index (χ1v) is 9.02. The summed E-state index contributed by atoms with van der Waals surface area (Å²) in [5, 5.41) is 14.4. The number of rotatable bonds is 8. The monoisotopic (exact) mass is 382 g/mol. The fourth-order valence-electron chi connectivity index (χ4n) is 2.65. The Balaban J connectivity index is 2.09. The number of ketones is 1. The lowest BCUT2D eigenvalue weighted by atomic mass is 10.0. The van der Waals surface area contributed by atoms with Crippen LogP contribution in [0.25, 0.3) is 11.1 Å². The number of carbonyl (C=O) groups excluding carboxylic acids is 2. The largest absolute Gasteiger partial charge is 0.338 e. The van der Waals surface area contributed by atoms with Crippen LogP contribution in [-0.2, 0) is 9.63 Å². The number of Topliss-reactive ketones (excluding diaryl/α,β-unsaturated/α-hetero) is 1. The number of hydrogen-bond donors (Lipinski definition) is 0. The van der Waals surface area contributed by atoms with Gasteiger partial charge in [-0.25, -0.2) is 4.79 Å². The van der Waals surface area contributed by atoms with Crippen LogP contribution in [0.2, 0.25) is 0 Å². The van der Waals surface area contributed by atoms with Gasteiger partial charge in [-0.05, 0) is 43.0 Å². The highest BCUT2D eigenvalue weighted by Gasteiger charge is 2.17. The van der Waals surface area contributed by atoms with E-state index in [4.69, 9.17) is 4.84 Å². The predicted octanol–water partition coefficient (Wildman–Crippen LogP) is 4.80. The molecule has 0 N–H and O–H groups in total. The molecule has 146 valence electrons. The summed E-state index contributed by atoms with van der Waals surface area (Å²) in [6.45, 7) is 5.28. The van der Waals surface area contributed by atoms with E-state index < -0.39 is 10.9 Å². The van der Waals surface area contributed by atoms with E-state index in [-0.39, 0.29) is 23.1 Å². The van der Waals surface area contributed by atoms with Gasteiger partial charge in [-0.2, -0.15) is 0 Å². The molecular formula is C21H22N2O5. The van der Waals surface area contributed by atoms with E-state index in [0.717, 1.165) is 11.1 Å². The summed E-state index contributed by atoms with van der Waals surface area (Å²) in [6.07, 6.45) is 1.31. The fourth-order valence-corrected chi connectivity index (χ4v) is 2.65. The Kier molecular flexibility index (Phi) is 7.14. The zero-order chi connectivity index (χ0) is 20.7. The molecule has 28 heavy (non-hydrogen) atoms. The topological polar surface area (TPSA) is 98.9 Å². The number of nitro benzene ring substituents is 1. The minimum atomic E-state index is -0.455. The van der Waals surface area contributed by atoms with E-state index in [2.05, 4.69) is 5.16 Å². The van der Waals surface area contributed by atoms with E-state index >= 15 is 0 Å². The maximum absolute atomic E-state index is 12.4. The fraction of sp³-hybridized carbons (Fsp3) is 0.286. The number of nitrogens with zero attached hydrogens (tertiary/aromatic N) is 2. The average Bonchev–Trinajstić information content (AvgIpc) is 2.72. The number of carbonyl (C=O) groups is 2. The van der Waals surface area contributed by atoms with Crippen LogP contribution in [0.4, 0.5) is 5.69 Å². The van der Waals surface area contributed by atoms with Crippen LogP contribution in [0.3, 0.4) is 0 Å². The summed E-state index contributed by atoms with van der Waals surface area (Å²) in [5.41, 5.74) is 2.13. The lowest BCUT2D eigenvalue weighted by Crippen LogP contribution is -2.17. The van der Waals surface area contributed by atoms with Crippen LogP contribution in [-0.4, -0.2) is 22.4 Å². The minimum absolute atomic E-state index is 0.0188. The lowest BCUT2D eigenvalue weighted by Gasteiger charge is -2.08. The summed E-state index contributed by atoms with van der Waals surface area (Å²) in [6, 6.07) is 12.9. The smallest absolute Gasteiger partial charge is 0.318 e. The van der Waals surface area contributed by atoms with E-state index in [0.29, 0.717) is 18.4 Å². The molecule has 2 aromatic carbocycles. The van der Waals surface area contributed by atoms with E-state index in [1.54, 1.807) is 36.4 Å². The van der Waals surface area contributed by atoms with Crippen molar-refractivity contribution in [3.63, 3.8) is 0 Å². The minimum Gasteiger partial charge on any atom is -0.318 e. The van der Waals surface area contributed by atoms with Gasteiger partial charge in [0.05, 0.1) is 10.8 Å². The van der Waals surface area contributed by atoms with Crippen LogP contribution < -0.4 is 0 Å². The molecule has 2 aromatic rings. The predicted molar refractivity (Wildman–Crippen MR) is 106 cm³/mol. The number of nitro groups is 1. The van der Waals surface area contributed by atoms with Crippen LogP contribution in [0, 0.1) is 16.0 Å². The van der Waals surface area contributed by atoms with Gasteiger partial charge in [0.25, 0.3) is 5.69 Å². The van der Waals surface area contributed by atoms with Crippen LogP contribution >= 0.6 is 0 Å². The lowest BCUT2D eigenvalue weighted by molar-refractivity contribution is -0.384. The van der Waals surface area contributed by atoms with Gasteiger partial charge in [-0.15, -0.1) is 0 Å². The highest BCUT2D eigenvalue weighted by molar-refractivity contribution is 6.45. The van der Waals surface area contributed by atoms with Crippen molar-refractivity contribution in [2.24, 2.45) is 11.1 Å². The van der Waals surface area contributed by atoms with Gasteiger partial charge in [-0.3, -0.25) is 14.9 Å². The van der Waals surface area contributed by atoms with Crippen molar-refractivity contribution >= 4 is 23.2 Å². The molecule has 0 aliphatic carbocycles. The molecule has 0 aliphatic heterocycles. The van der Waals surface area contributed by atoms with Crippen molar-refractivity contribution in [3.05, 3.63) is 64.2 Å². The number of hydrogen-bond acceptors (Lipinski definition) is 6. The maximum atomic E-state index is 12.4. The molecule has 7 heteroatoms. The molecule has 0 fully saturated rings. The first kappa shape index (κ1) is 21.0. The first-order valence-electron chi connectivity index (χ1n) is 9.02. The second-order valence-electron chi connectivity index (χ2n) is 6.31. The molecule has 7 nitrogen and oxygen atoms in total. The SMILES string of the molecule is CCC(CC)C(=O)O/N=C(/C)C(=O)c1ccc(-c2ccc([N+](=O)[O-])cc2)cc1. The third-order valence-corrected chi connectivity index (χ3v) is 4.48. The van der Waals surface area contributed by atoms with Gasteiger partial charge in [0.1, 0.15) is 5.71 Å². The quantitative estimate of drug-likeness (QED) is 0.215. The van der Waals surface area contributed by atoms with Gasteiger partial charge >= 0.3 is 5.97 Å². The Bertz CT molecular complexity index is 882.